The van der Waals surface area contributed by atoms with Crippen LogP contribution < -0.4 is 4.74 Å². The van der Waals surface area contributed by atoms with E-state index in [4.69, 9.17) is 16.3 Å². The number of hydrogen-bond donors (Lipinski definition) is 0. The maximum atomic E-state index is 6.05. The van der Waals surface area contributed by atoms with Gasteiger partial charge in [0.1, 0.15) is 5.75 Å². The fourth-order valence-corrected chi connectivity index (χ4v) is 2.11. The quantitative estimate of drug-likeness (QED) is 0.651. The molecule has 0 bridgehead atoms. The normalized spacial score (nSPS) is 11.0. The number of ether oxygens (including phenoxy) is 1. The van der Waals surface area contributed by atoms with Gasteiger partial charge in [0.25, 0.3) is 0 Å². The molecule has 2 aromatic rings. The van der Waals surface area contributed by atoms with E-state index in [2.05, 4.69) is 31.0 Å². The van der Waals surface area contributed by atoms with Crippen molar-refractivity contribution in [1.82, 2.24) is 0 Å². The smallest absolute Gasteiger partial charge is 0.128 e. The van der Waals surface area contributed by atoms with E-state index in [1.54, 1.807) is 6.21 Å². The summed E-state index contributed by atoms with van der Waals surface area (Å²) < 4.78 is 5.72. The first-order valence-corrected chi connectivity index (χ1v) is 7.66. The summed E-state index contributed by atoms with van der Waals surface area (Å²) >= 11 is 6.05. The number of rotatable bonds is 6. The summed E-state index contributed by atoms with van der Waals surface area (Å²) in [6.07, 6.45) is 3.81. The maximum absolute atomic E-state index is 6.05. The van der Waals surface area contributed by atoms with Crippen molar-refractivity contribution in [3.8, 4) is 5.75 Å². The Morgan fingerprint density at radius 2 is 1.86 bits per heavy atom. The second-order valence-electron chi connectivity index (χ2n) is 4.81. The van der Waals surface area contributed by atoms with Crippen LogP contribution in [0.2, 0.25) is 5.02 Å². The van der Waals surface area contributed by atoms with Gasteiger partial charge in [0.05, 0.1) is 12.3 Å². The van der Waals surface area contributed by atoms with Crippen LogP contribution in [0.4, 0.5) is 5.69 Å². The van der Waals surface area contributed by atoms with Crippen molar-refractivity contribution in [3.05, 3.63) is 58.6 Å². The Morgan fingerprint density at radius 1 is 1.10 bits per heavy atom. The lowest BCUT2D eigenvalue weighted by molar-refractivity contribution is 0.317. The summed E-state index contributed by atoms with van der Waals surface area (Å²) in [5.41, 5.74) is 3.13. The Hall–Kier alpha value is -1.80. The molecule has 2 rings (SSSR count). The predicted molar refractivity (Wildman–Crippen MR) is 90.3 cm³/mol. The van der Waals surface area contributed by atoms with Gasteiger partial charge in [0.2, 0.25) is 0 Å². The number of nitrogens with zero attached hydrogens (tertiary/aromatic N) is 1. The van der Waals surface area contributed by atoms with Gasteiger partial charge in [-0.15, -0.1) is 0 Å². The highest BCUT2D eigenvalue weighted by Gasteiger charge is 2.02. The van der Waals surface area contributed by atoms with Gasteiger partial charge in [0, 0.05) is 16.8 Å². The average molecular weight is 302 g/mol. The highest BCUT2D eigenvalue weighted by molar-refractivity contribution is 6.30. The molecule has 0 spiro atoms. The highest BCUT2D eigenvalue weighted by atomic mass is 35.5. The van der Waals surface area contributed by atoms with Crippen LogP contribution in [0.1, 0.15) is 31.4 Å². The molecule has 0 saturated heterocycles. The van der Waals surface area contributed by atoms with Crippen molar-refractivity contribution in [3.63, 3.8) is 0 Å². The van der Waals surface area contributed by atoms with Crippen LogP contribution in [0.25, 0.3) is 0 Å². The van der Waals surface area contributed by atoms with E-state index in [1.807, 2.05) is 30.3 Å². The number of aryl methyl sites for hydroxylation is 1. The van der Waals surface area contributed by atoms with Gasteiger partial charge in [-0.05, 0) is 48.7 Å². The molecule has 0 unspecified atom stereocenters. The van der Waals surface area contributed by atoms with Gasteiger partial charge >= 0.3 is 0 Å². The molecule has 0 aliphatic carbocycles. The minimum absolute atomic E-state index is 0.682. The molecule has 0 aliphatic rings. The lowest BCUT2D eigenvalue weighted by Gasteiger charge is -2.08. The summed E-state index contributed by atoms with van der Waals surface area (Å²) in [4.78, 5) is 4.50. The largest absolute Gasteiger partial charge is 0.493 e. The summed E-state index contributed by atoms with van der Waals surface area (Å²) in [6, 6.07) is 13.8. The average Bonchev–Trinajstić information content (AvgIpc) is 2.52. The molecule has 110 valence electrons. The van der Waals surface area contributed by atoms with E-state index in [0.29, 0.717) is 11.6 Å². The summed E-state index contributed by atoms with van der Waals surface area (Å²) in [5, 5.41) is 0.682. The molecule has 3 heteroatoms. The number of hydrogen-bond acceptors (Lipinski definition) is 2. The van der Waals surface area contributed by atoms with Gasteiger partial charge in [-0.25, -0.2) is 0 Å². The lowest BCUT2D eigenvalue weighted by Crippen LogP contribution is -1.98. The molecule has 21 heavy (non-hydrogen) atoms. The van der Waals surface area contributed by atoms with Crippen LogP contribution in [0.3, 0.4) is 0 Å². The standard InChI is InChI=1S/C18H20ClNO/c1-3-11-21-18-10-7-16(19)12-15(18)13-20-17-8-5-14(4-2)6-9-17/h5-10,12-13H,3-4,11H2,1-2H3. The van der Waals surface area contributed by atoms with Gasteiger partial charge < -0.3 is 4.74 Å². The highest BCUT2D eigenvalue weighted by Crippen LogP contribution is 2.23. The first-order valence-electron chi connectivity index (χ1n) is 7.28. The fourth-order valence-electron chi connectivity index (χ4n) is 1.93. The van der Waals surface area contributed by atoms with Crippen molar-refractivity contribution in [2.75, 3.05) is 6.61 Å². The van der Waals surface area contributed by atoms with Gasteiger partial charge in [-0.2, -0.15) is 0 Å². The van der Waals surface area contributed by atoms with Crippen molar-refractivity contribution in [1.29, 1.82) is 0 Å². The molecule has 0 aromatic heterocycles. The Bertz CT molecular complexity index is 605. The maximum Gasteiger partial charge on any atom is 0.128 e. The molecule has 2 nitrogen and oxygen atoms in total. The monoisotopic (exact) mass is 301 g/mol. The van der Waals surface area contributed by atoms with Gasteiger partial charge in [-0.1, -0.05) is 37.6 Å². The zero-order valence-electron chi connectivity index (χ0n) is 12.5. The summed E-state index contributed by atoms with van der Waals surface area (Å²) in [6.45, 7) is 4.91. The van der Waals surface area contributed by atoms with Crippen LogP contribution in [-0.2, 0) is 6.42 Å². The number of benzene rings is 2. The Morgan fingerprint density at radius 3 is 2.52 bits per heavy atom. The third-order valence-corrected chi connectivity index (χ3v) is 3.37. The van der Waals surface area contributed by atoms with E-state index in [0.717, 1.165) is 29.8 Å². The molecule has 0 N–H and O–H groups in total. The molecule has 0 fully saturated rings. The first kappa shape index (κ1) is 15.6. The van der Waals surface area contributed by atoms with Crippen LogP contribution in [0.5, 0.6) is 5.75 Å². The van der Waals surface area contributed by atoms with Gasteiger partial charge in [-0.3, -0.25) is 4.99 Å². The fraction of sp³-hybridized carbons (Fsp3) is 0.278. The molecule has 2 aromatic carbocycles. The van der Waals surface area contributed by atoms with Crippen molar-refractivity contribution in [2.45, 2.75) is 26.7 Å². The SMILES string of the molecule is CCCOc1ccc(Cl)cc1C=Nc1ccc(CC)cc1. The minimum atomic E-state index is 0.682. The van der Waals surface area contributed by atoms with E-state index < -0.39 is 0 Å². The molecular weight excluding hydrogens is 282 g/mol. The first-order chi connectivity index (χ1) is 10.2. The Balaban J connectivity index is 2.19. The van der Waals surface area contributed by atoms with Crippen LogP contribution in [0.15, 0.2) is 47.5 Å². The minimum Gasteiger partial charge on any atom is -0.493 e. The molecule has 0 amide bonds. The molecule has 0 radical (unpaired) electrons. The zero-order chi connectivity index (χ0) is 15.1. The topological polar surface area (TPSA) is 21.6 Å². The Labute approximate surface area is 131 Å². The zero-order valence-corrected chi connectivity index (χ0v) is 13.2. The molecule has 0 aliphatic heterocycles. The van der Waals surface area contributed by atoms with Gasteiger partial charge in [0.15, 0.2) is 0 Å². The summed E-state index contributed by atoms with van der Waals surface area (Å²) in [7, 11) is 0. The summed E-state index contributed by atoms with van der Waals surface area (Å²) in [5.74, 6) is 0.815. The van der Waals surface area contributed by atoms with Crippen LogP contribution >= 0.6 is 11.6 Å². The Kier molecular flexibility index (Phi) is 5.82. The number of halogens is 1. The molecule has 0 saturated carbocycles. The third kappa shape index (κ3) is 4.61. The van der Waals surface area contributed by atoms with Crippen molar-refractivity contribution < 1.29 is 4.74 Å². The lowest BCUT2D eigenvalue weighted by atomic mass is 10.1. The van der Waals surface area contributed by atoms with E-state index in [1.165, 1.54) is 5.56 Å². The predicted octanol–water partition coefficient (Wildman–Crippen LogP) is 5.44. The van der Waals surface area contributed by atoms with Crippen LogP contribution in [-0.4, -0.2) is 12.8 Å². The molecule has 0 atom stereocenters. The number of aliphatic imine (C=N–C) groups is 1. The van der Waals surface area contributed by atoms with Crippen LogP contribution in [0, 0.1) is 0 Å². The van der Waals surface area contributed by atoms with E-state index in [-0.39, 0.29) is 0 Å². The van der Waals surface area contributed by atoms with E-state index >= 15 is 0 Å². The molecular formula is C18H20ClNO. The molecule has 0 heterocycles. The second-order valence-corrected chi connectivity index (χ2v) is 5.25. The second kappa shape index (κ2) is 7.84. The van der Waals surface area contributed by atoms with E-state index in [9.17, 15) is 0 Å². The third-order valence-electron chi connectivity index (χ3n) is 3.13. The van der Waals surface area contributed by atoms with Crippen molar-refractivity contribution in [2.24, 2.45) is 4.99 Å². The van der Waals surface area contributed by atoms with Crippen molar-refractivity contribution >= 4 is 23.5 Å².